The first-order valence-electron chi connectivity index (χ1n) is 7.23. The number of carboxylic acids is 1. The van der Waals surface area contributed by atoms with Gasteiger partial charge in [0, 0.05) is 31.4 Å². The van der Waals surface area contributed by atoms with Gasteiger partial charge in [0.15, 0.2) is 0 Å². The predicted molar refractivity (Wildman–Crippen MR) is 77.3 cm³/mol. The van der Waals surface area contributed by atoms with Crippen molar-refractivity contribution >= 4 is 11.8 Å². The van der Waals surface area contributed by atoms with E-state index in [0.29, 0.717) is 23.5 Å². The van der Waals surface area contributed by atoms with Crippen molar-refractivity contribution in [3.63, 3.8) is 0 Å². The molecule has 2 aliphatic heterocycles. The first-order chi connectivity index (χ1) is 9.58. The molecule has 5 heteroatoms. The molecular weight excluding hydrogens is 254 g/mol. The fourth-order valence-electron chi connectivity index (χ4n) is 3.55. The van der Waals surface area contributed by atoms with Crippen molar-refractivity contribution in [1.29, 1.82) is 0 Å². The van der Waals surface area contributed by atoms with E-state index in [9.17, 15) is 9.90 Å². The van der Waals surface area contributed by atoms with Crippen molar-refractivity contribution in [2.45, 2.75) is 38.3 Å². The molecule has 0 aliphatic carbocycles. The molecule has 1 N–H and O–H groups in total. The lowest BCUT2D eigenvalue weighted by molar-refractivity contribution is 0.0696. The average molecular weight is 275 g/mol. The van der Waals surface area contributed by atoms with Crippen LogP contribution in [0, 0.1) is 6.92 Å². The number of carbonyl (C=O) groups is 1. The van der Waals surface area contributed by atoms with Crippen LogP contribution in [0.4, 0.5) is 5.82 Å². The number of hydrogen-bond acceptors (Lipinski definition) is 4. The molecule has 2 unspecified atom stereocenters. The fourth-order valence-corrected chi connectivity index (χ4v) is 3.55. The summed E-state index contributed by atoms with van der Waals surface area (Å²) in [6.45, 7) is 3.61. The third-order valence-corrected chi connectivity index (χ3v) is 4.80. The molecule has 2 atom stereocenters. The fraction of sp³-hybridized carbons (Fsp3) is 0.600. The Hall–Kier alpha value is -1.62. The molecular formula is C15H21N3O2. The number of aromatic nitrogens is 1. The van der Waals surface area contributed by atoms with E-state index in [1.54, 1.807) is 12.3 Å². The molecule has 108 valence electrons. The van der Waals surface area contributed by atoms with Crippen LogP contribution in [0.15, 0.2) is 12.3 Å². The summed E-state index contributed by atoms with van der Waals surface area (Å²) >= 11 is 0. The number of hydrogen-bond donors (Lipinski definition) is 1. The number of nitrogens with zero attached hydrogens (tertiary/aromatic N) is 3. The van der Waals surface area contributed by atoms with Gasteiger partial charge in [0.2, 0.25) is 0 Å². The lowest BCUT2D eigenvalue weighted by Gasteiger charge is -2.28. The van der Waals surface area contributed by atoms with Gasteiger partial charge in [-0.3, -0.25) is 4.90 Å². The quantitative estimate of drug-likeness (QED) is 0.891. The summed E-state index contributed by atoms with van der Waals surface area (Å²) < 4.78 is 0. The standard InChI is InChI=1S/C15H21N3O2/c1-10-5-7-16-14(13(10)15(19)20)18-8-6-11-3-4-12(9-18)17(11)2/h5,7,11-12H,3-4,6,8-9H2,1-2H3,(H,19,20). The zero-order chi connectivity index (χ0) is 14.3. The van der Waals surface area contributed by atoms with Gasteiger partial charge in [-0.1, -0.05) is 0 Å². The van der Waals surface area contributed by atoms with Gasteiger partial charge in [-0.2, -0.15) is 0 Å². The number of likely N-dealkylation sites (N-methyl/N-ethyl adjacent to an activating group) is 1. The third-order valence-electron chi connectivity index (χ3n) is 4.80. The summed E-state index contributed by atoms with van der Waals surface area (Å²) in [4.78, 5) is 20.5. The van der Waals surface area contributed by atoms with Crippen LogP contribution in [0.25, 0.3) is 0 Å². The van der Waals surface area contributed by atoms with E-state index in [-0.39, 0.29) is 0 Å². The molecule has 0 spiro atoms. The van der Waals surface area contributed by atoms with E-state index >= 15 is 0 Å². The lowest BCUT2D eigenvalue weighted by Crippen LogP contribution is -2.37. The molecule has 20 heavy (non-hydrogen) atoms. The van der Waals surface area contributed by atoms with Crippen LogP contribution in [0.3, 0.4) is 0 Å². The summed E-state index contributed by atoms with van der Waals surface area (Å²) in [7, 11) is 2.19. The number of anilines is 1. The number of aromatic carboxylic acids is 1. The molecule has 2 bridgehead atoms. The van der Waals surface area contributed by atoms with Gasteiger partial charge in [0.05, 0.1) is 0 Å². The molecule has 2 aliphatic rings. The van der Waals surface area contributed by atoms with Crippen molar-refractivity contribution in [3.8, 4) is 0 Å². The van der Waals surface area contributed by atoms with E-state index in [1.807, 2.05) is 6.92 Å². The van der Waals surface area contributed by atoms with Crippen LogP contribution < -0.4 is 4.90 Å². The molecule has 0 aromatic carbocycles. The highest BCUT2D eigenvalue weighted by Gasteiger charge is 2.35. The van der Waals surface area contributed by atoms with Gasteiger partial charge >= 0.3 is 5.97 Å². The van der Waals surface area contributed by atoms with Gasteiger partial charge in [-0.15, -0.1) is 0 Å². The Morgan fingerprint density at radius 1 is 1.35 bits per heavy atom. The van der Waals surface area contributed by atoms with Crippen LogP contribution in [0.1, 0.15) is 35.2 Å². The summed E-state index contributed by atoms with van der Waals surface area (Å²) in [5, 5.41) is 9.45. The van der Waals surface area contributed by atoms with Crippen molar-refractivity contribution in [3.05, 3.63) is 23.4 Å². The Kier molecular flexibility index (Phi) is 3.38. The number of rotatable bonds is 2. The minimum atomic E-state index is -0.881. The molecule has 5 nitrogen and oxygen atoms in total. The minimum Gasteiger partial charge on any atom is -0.478 e. The van der Waals surface area contributed by atoms with E-state index in [0.717, 1.165) is 25.1 Å². The molecule has 3 rings (SSSR count). The number of fused-ring (bicyclic) bond motifs is 2. The maximum absolute atomic E-state index is 11.5. The topological polar surface area (TPSA) is 56.7 Å². The van der Waals surface area contributed by atoms with E-state index in [2.05, 4.69) is 21.8 Å². The third kappa shape index (κ3) is 2.16. The van der Waals surface area contributed by atoms with Crippen molar-refractivity contribution in [1.82, 2.24) is 9.88 Å². The van der Waals surface area contributed by atoms with Crippen molar-refractivity contribution in [2.24, 2.45) is 0 Å². The molecule has 3 heterocycles. The summed E-state index contributed by atoms with van der Waals surface area (Å²) in [5.41, 5.74) is 1.14. The molecule has 0 radical (unpaired) electrons. The molecule has 0 amide bonds. The SMILES string of the molecule is Cc1ccnc(N2CCC3CCC(C2)N3C)c1C(=O)O. The second-order valence-corrected chi connectivity index (χ2v) is 5.92. The maximum Gasteiger partial charge on any atom is 0.339 e. The molecule has 1 aromatic rings. The molecule has 1 aromatic heterocycles. The van der Waals surface area contributed by atoms with Crippen LogP contribution in [0.2, 0.25) is 0 Å². The second kappa shape index (κ2) is 5.05. The first-order valence-corrected chi connectivity index (χ1v) is 7.23. The number of aryl methyl sites for hydroxylation is 1. The Labute approximate surface area is 119 Å². The number of pyridine rings is 1. The Balaban J connectivity index is 1.94. The summed E-state index contributed by atoms with van der Waals surface area (Å²) in [6.07, 6.45) is 5.26. The van der Waals surface area contributed by atoms with Gasteiger partial charge in [0.25, 0.3) is 0 Å². The highest BCUT2D eigenvalue weighted by atomic mass is 16.4. The van der Waals surface area contributed by atoms with Gasteiger partial charge in [0.1, 0.15) is 11.4 Å². The summed E-state index contributed by atoms with van der Waals surface area (Å²) in [6, 6.07) is 2.93. The Morgan fingerprint density at radius 2 is 2.10 bits per heavy atom. The van der Waals surface area contributed by atoms with E-state index < -0.39 is 5.97 Å². The first kappa shape index (κ1) is 13.4. The second-order valence-electron chi connectivity index (χ2n) is 5.92. The molecule has 2 saturated heterocycles. The van der Waals surface area contributed by atoms with Crippen LogP contribution >= 0.6 is 0 Å². The highest BCUT2D eigenvalue weighted by Crippen LogP contribution is 2.31. The van der Waals surface area contributed by atoms with Gasteiger partial charge in [-0.05, 0) is 44.9 Å². The molecule has 2 fully saturated rings. The van der Waals surface area contributed by atoms with E-state index in [1.165, 1.54) is 12.8 Å². The highest BCUT2D eigenvalue weighted by molar-refractivity contribution is 5.95. The lowest BCUT2D eigenvalue weighted by atomic mass is 10.1. The molecule has 0 saturated carbocycles. The zero-order valence-electron chi connectivity index (χ0n) is 12.0. The average Bonchev–Trinajstić information content (AvgIpc) is 2.62. The minimum absolute atomic E-state index is 0.355. The summed E-state index contributed by atoms with van der Waals surface area (Å²) in [5.74, 6) is -0.244. The van der Waals surface area contributed by atoms with Crippen molar-refractivity contribution < 1.29 is 9.90 Å². The van der Waals surface area contributed by atoms with Crippen LogP contribution in [-0.4, -0.2) is 53.2 Å². The van der Waals surface area contributed by atoms with Gasteiger partial charge in [-0.25, -0.2) is 9.78 Å². The Bertz CT molecular complexity index is 532. The normalized spacial score (nSPS) is 26.6. The number of carboxylic acid groups (broad SMARTS) is 1. The Morgan fingerprint density at radius 3 is 2.85 bits per heavy atom. The van der Waals surface area contributed by atoms with E-state index in [4.69, 9.17) is 0 Å². The maximum atomic E-state index is 11.5. The largest absolute Gasteiger partial charge is 0.478 e. The van der Waals surface area contributed by atoms with Crippen molar-refractivity contribution in [2.75, 3.05) is 25.0 Å². The van der Waals surface area contributed by atoms with Gasteiger partial charge < -0.3 is 10.0 Å². The van der Waals surface area contributed by atoms with Crippen LogP contribution in [-0.2, 0) is 0 Å². The van der Waals surface area contributed by atoms with Crippen LogP contribution in [0.5, 0.6) is 0 Å². The monoisotopic (exact) mass is 275 g/mol. The zero-order valence-corrected chi connectivity index (χ0v) is 12.0. The smallest absolute Gasteiger partial charge is 0.339 e. The predicted octanol–water partition coefficient (Wildman–Crippen LogP) is 1.76.